The lowest BCUT2D eigenvalue weighted by molar-refractivity contribution is 0.0751. The summed E-state index contributed by atoms with van der Waals surface area (Å²) in [6.45, 7) is 3.21. The lowest BCUT2D eigenvalue weighted by atomic mass is 10.1. The van der Waals surface area contributed by atoms with E-state index in [1.165, 1.54) is 0 Å². The molecule has 5 heteroatoms. The summed E-state index contributed by atoms with van der Waals surface area (Å²) < 4.78 is 1.70. The molecule has 2 aromatic rings. The zero-order valence-corrected chi connectivity index (χ0v) is 14.2. The van der Waals surface area contributed by atoms with Crippen LogP contribution in [-0.2, 0) is 6.54 Å². The highest BCUT2D eigenvalue weighted by Gasteiger charge is 2.17. The molecule has 0 saturated carbocycles. The first-order valence-electron chi connectivity index (χ1n) is 6.25. The van der Waals surface area contributed by atoms with Gasteiger partial charge in [-0.2, -0.15) is 0 Å². The fraction of sp³-hybridized carbons (Fsp3) is 0.200. The number of hydrogen-bond acceptors (Lipinski definition) is 2. The number of carbonyl (C=O) groups excluding carboxylic acids is 1. The van der Waals surface area contributed by atoms with Gasteiger partial charge >= 0.3 is 0 Å². The van der Waals surface area contributed by atoms with Crippen LogP contribution in [0.1, 0.15) is 22.8 Å². The zero-order chi connectivity index (χ0) is 14.5. The molecule has 3 nitrogen and oxygen atoms in total. The fourth-order valence-electron chi connectivity index (χ4n) is 1.87. The van der Waals surface area contributed by atoms with Crippen molar-refractivity contribution in [3.8, 4) is 0 Å². The normalized spacial score (nSPS) is 10.3. The summed E-state index contributed by atoms with van der Waals surface area (Å²) in [5, 5.41) is 0. The van der Waals surface area contributed by atoms with Gasteiger partial charge in [0, 0.05) is 34.4 Å². The number of aromatic nitrogens is 1. The van der Waals surface area contributed by atoms with Gasteiger partial charge in [0.1, 0.15) is 0 Å². The van der Waals surface area contributed by atoms with E-state index in [0.29, 0.717) is 18.7 Å². The van der Waals surface area contributed by atoms with Crippen LogP contribution in [0.2, 0.25) is 0 Å². The Morgan fingerprint density at radius 1 is 1.20 bits per heavy atom. The highest BCUT2D eigenvalue weighted by molar-refractivity contribution is 9.11. The Morgan fingerprint density at radius 2 is 1.90 bits per heavy atom. The quantitative estimate of drug-likeness (QED) is 0.771. The van der Waals surface area contributed by atoms with Crippen molar-refractivity contribution in [2.24, 2.45) is 0 Å². The Hall–Kier alpha value is -1.20. The molecule has 20 heavy (non-hydrogen) atoms. The summed E-state index contributed by atoms with van der Waals surface area (Å²) in [7, 11) is 0. The van der Waals surface area contributed by atoms with E-state index in [1.54, 1.807) is 12.4 Å². The number of pyridine rings is 1. The van der Waals surface area contributed by atoms with Gasteiger partial charge in [-0.15, -0.1) is 0 Å². The fourth-order valence-corrected chi connectivity index (χ4v) is 2.64. The Labute approximate surface area is 135 Å². The number of amides is 1. The summed E-state index contributed by atoms with van der Waals surface area (Å²) in [6, 6.07) is 9.46. The first kappa shape index (κ1) is 15.2. The monoisotopic (exact) mass is 396 g/mol. The van der Waals surface area contributed by atoms with Crippen molar-refractivity contribution in [2.45, 2.75) is 13.5 Å². The molecule has 0 radical (unpaired) electrons. The first-order valence-corrected chi connectivity index (χ1v) is 7.83. The number of benzene rings is 1. The second kappa shape index (κ2) is 6.99. The third-order valence-corrected chi connectivity index (χ3v) is 4.14. The number of hydrogen-bond donors (Lipinski definition) is 0. The molecule has 0 aliphatic carbocycles. The predicted molar refractivity (Wildman–Crippen MR) is 86.5 cm³/mol. The number of rotatable bonds is 4. The van der Waals surface area contributed by atoms with E-state index in [2.05, 4.69) is 36.8 Å². The largest absolute Gasteiger partial charge is 0.335 e. The second-order valence-corrected chi connectivity index (χ2v) is 6.07. The maximum Gasteiger partial charge on any atom is 0.255 e. The van der Waals surface area contributed by atoms with Crippen molar-refractivity contribution < 1.29 is 4.79 Å². The van der Waals surface area contributed by atoms with E-state index in [0.717, 1.165) is 14.5 Å². The van der Waals surface area contributed by atoms with Gasteiger partial charge in [-0.05, 0) is 58.7 Å². The molecule has 0 bridgehead atoms. The smallest absolute Gasteiger partial charge is 0.255 e. The van der Waals surface area contributed by atoms with Gasteiger partial charge in [-0.3, -0.25) is 9.78 Å². The minimum absolute atomic E-state index is 0.0116. The predicted octanol–water partition coefficient (Wildman–Crippen LogP) is 4.27. The minimum atomic E-state index is 0.0116. The average molecular weight is 398 g/mol. The van der Waals surface area contributed by atoms with E-state index in [4.69, 9.17) is 0 Å². The van der Waals surface area contributed by atoms with Gasteiger partial charge in [0.05, 0.1) is 5.56 Å². The summed E-state index contributed by atoms with van der Waals surface area (Å²) >= 11 is 6.84. The van der Waals surface area contributed by atoms with Crippen LogP contribution in [0.3, 0.4) is 0 Å². The molecule has 104 valence electrons. The number of halogens is 2. The molecule has 0 atom stereocenters. The van der Waals surface area contributed by atoms with Crippen molar-refractivity contribution in [3.63, 3.8) is 0 Å². The van der Waals surface area contributed by atoms with Crippen LogP contribution in [0.25, 0.3) is 0 Å². The minimum Gasteiger partial charge on any atom is -0.335 e. The molecule has 0 fully saturated rings. The van der Waals surface area contributed by atoms with Crippen LogP contribution in [0.15, 0.2) is 51.7 Å². The Kier molecular flexibility index (Phi) is 5.31. The summed E-state index contributed by atoms with van der Waals surface area (Å²) in [4.78, 5) is 18.4. The molecule has 2 rings (SSSR count). The highest BCUT2D eigenvalue weighted by atomic mass is 79.9. The molecule has 1 aromatic heterocycles. The lowest BCUT2D eigenvalue weighted by Crippen LogP contribution is -2.30. The van der Waals surface area contributed by atoms with Gasteiger partial charge < -0.3 is 4.90 Å². The summed E-state index contributed by atoms with van der Waals surface area (Å²) in [6.07, 6.45) is 3.48. The van der Waals surface area contributed by atoms with Crippen molar-refractivity contribution in [3.05, 3.63) is 62.8 Å². The molecule has 0 aliphatic heterocycles. The maximum atomic E-state index is 12.6. The third kappa shape index (κ3) is 3.67. The second-order valence-electron chi connectivity index (χ2n) is 4.30. The summed E-state index contributed by atoms with van der Waals surface area (Å²) in [5.74, 6) is 0.0116. The van der Waals surface area contributed by atoms with Crippen LogP contribution in [0.4, 0.5) is 0 Å². The van der Waals surface area contributed by atoms with Crippen LogP contribution in [-0.4, -0.2) is 22.3 Å². The van der Waals surface area contributed by atoms with Gasteiger partial charge in [0.25, 0.3) is 5.91 Å². The Morgan fingerprint density at radius 3 is 2.55 bits per heavy atom. The molecular formula is C15H14Br2N2O. The van der Waals surface area contributed by atoms with Crippen molar-refractivity contribution in [2.75, 3.05) is 6.54 Å². The molecule has 0 spiro atoms. The van der Waals surface area contributed by atoms with Crippen LogP contribution < -0.4 is 0 Å². The van der Waals surface area contributed by atoms with Crippen molar-refractivity contribution in [1.82, 2.24) is 9.88 Å². The molecule has 0 saturated heterocycles. The van der Waals surface area contributed by atoms with Crippen molar-refractivity contribution in [1.29, 1.82) is 0 Å². The summed E-state index contributed by atoms with van der Waals surface area (Å²) in [5.41, 5.74) is 1.73. The van der Waals surface area contributed by atoms with Crippen LogP contribution >= 0.6 is 31.9 Å². The zero-order valence-electron chi connectivity index (χ0n) is 11.0. The molecule has 0 N–H and O–H groups in total. The van der Waals surface area contributed by atoms with E-state index < -0.39 is 0 Å². The molecule has 1 heterocycles. The molecular weight excluding hydrogens is 384 g/mol. The van der Waals surface area contributed by atoms with E-state index in [9.17, 15) is 4.79 Å². The van der Waals surface area contributed by atoms with Crippen molar-refractivity contribution >= 4 is 37.8 Å². The number of carbonyl (C=O) groups is 1. The molecule has 1 aromatic carbocycles. The van der Waals surface area contributed by atoms with Crippen LogP contribution in [0, 0.1) is 0 Å². The van der Waals surface area contributed by atoms with E-state index in [-0.39, 0.29) is 5.91 Å². The van der Waals surface area contributed by atoms with E-state index in [1.807, 2.05) is 42.2 Å². The maximum absolute atomic E-state index is 12.6. The topological polar surface area (TPSA) is 33.2 Å². The van der Waals surface area contributed by atoms with Gasteiger partial charge in [-0.1, -0.05) is 15.9 Å². The van der Waals surface area contributed by atoms with Gasteiger partial charge in [-0.25, -0.2) is 0 Å². The molecule has 0 aliphatic rings. The Balaban J connectivity index is 2.23. The van der Waals surface area contributed by atoms with Gasteiger partial charge in [0.15, 0.2) is 0 Å². The first-order chi connectivity index (χ1) is 9.61. The standard InChI is InChI=1S/C15H14Br2N2O/c1-2-19(10-11-5-7-18-8-6-11)15(20)13-9-12(16)3-4-14(13)17/h3-9H,2,10H2,1H3. The average Bonchev–Trinajstić information content (AvgIpc) is 2.47. The molecule has 1 amide bonds. The molecule has 0 unspecified atom stereocenters. The number of nitrogens with zero attached hydrogens (tertiary/aromatic N) is 2. The van der Waals surface area contributed by atoms with E-state index >= 15 is 0 Å². The highest BCUT2D eigenvalue weighted by Crippen LogP contribution is 2.23. The lowest BCUT2D eigenvalue weighted by Gasteiger charge is -2.21. The third-order valence-electron chi connectivity index (χ3n) is 2.95. The SMILES string of the molecule is CCN(Cc1ccncc1)C(=O)c1cc(Br)ccc1Br. The Bertz CT molecular complexity index is 602. The van der Waals surface area contributed by atoms with Gasteiger partial charge in [0.2, 0.25) is 0 Å². The van der Waals surface area contributed by atoms with Crippen LogP contribution in [0.5, 0.6) is 0 Å².